The van der Waals surface area contributed by atoms with E-state index in [-0.39, 0.29) is 0 Å². The maximum atomic E-state index is 5.88. The van der Waals surface area contributed by atoms with E-state index in [4.69, 9.17) is 4.74 Å². The predicted octanol–water partition coefficient (Wildman–Crippen LogP) is 3.29. The van der Waals surface area contributed by atoms with Gasteiger partial charge in [0.2, 0.25) is 0 Å². The summed E-state index contributed by atoms with van der Waals surface area (Å²) in [7, 11) is 0. The van der Waals surface area contributed by atoms with Crippen LogP contribution in [0.25, 0.3) is 0 Å². The maximum absolute atomic E-state index is 5.88. The SMILES string of the molecule is CCC1CCCCC1OCCCS. The Bertz CT molecular complexity index is 127. The van der Waals surface area contributed by atoms with Crippen LogP contribution in [0.1, 0.15) is 45.4 Å². The van der Waals surface area contributed by atoms with Crippen LogP contribution in [0.5, 0.6) is 0 Å². The van der Waals surface area contributed by atoms with Gasteiger partial charge in [-0.1, -0.05) is 26.2 Å². The molecule has 0 heterocycles. The molecule has 1 aliphatic carbocycles. The zero-order valence-corrected chi connectivity index (χ0v) is 9.56. The zero-order chi connectivity index (χ0) is 9.52. The Morgan fingerprint density at radius 1 is 1.31 bits per heavy atom. The largest absolute Gasteiger partial charge is 0.378 e. The number of rotatable bonds is 5. The van der Waals surface area contributed by atoms with Gasteiger partial charge in [0.1, 0.15) is 0 Å². The normalized spacial score (nSPS) is 29.1. The third-order valence-corrected chi connectivity index (χ3v) is 3.31. The molecule has 0 saturated heterocycles. The molecule has 0 aliphatic heterocycles. The summed E-state index contributed by atoms with van der Waals surface area (Å²) in [6.45, 7) is 3.19. The highest BCUT2D eigenvalue weighted by Gasteiger charge is 2.23. The van der Waals surface area contributed by atoms with Crippen LogP contribution in [0, 0.1) is 5.92 Å². The Labute approximate surface area is 87.7 Å². The fraction of sp³-hybridized carbons (Fsp3) is 1.00. The molecule has 1 rings (SSSR count). The molecule has 0 bridgehead atoms. The van der Waals surface area contributed by atoms with Crippen molar-refractivity contribution in [3.8, 4) is 0 Å². The van der Waals surface area contributed by atoms with Crippen LogP contribution in [-0.2, 0) is 4.74 Å². The smallest absolute Gasteiger partial charge is 0.0603 e. The standard InChI is InChI=1S/C11H22OS/c1-2-10-6-3-4-7-11(10)12-8-5-9-13/h10-11,13H,2-9H2,1H3. The van der Waals surface area contributed by atoms with Gasteiger partial charge in [0.25, 0.3) is 0 Å². The van der Waals surface area contributed by atoms with Crippen LogP contribution >= 0.6 is 12.6 Å². The van der Waals surface area contributed by atoms with Gasteiger partial charge in [0.05, 0.1) is 6.10 Å². The molecular formula is C11H22OS. The molecular weight excluding hydrogens is 180 g/mol. The van der Waals surface area contributed by atoms with Gasteiger partial charge in [0, 0.05) is 6.61 Å². The Morgan fingerprint density at radius 2 is 2.08 bits per heavy atom. The Morgan fingerprint density at radius 3 is 2.77 bits per heavy atom. The van der Waals surface area contributed by atoms with Gasteiger partial charge in [-0.2, -0.15) is 12.6 Å². The molecule has 1 fully saturated rings. The minimum atomic E-state index is 0.554. The topological polar surface area (TPSA) is 9.23 Å². The lowest BCUT2D eigenvalue weighted by atomic mass is 9.85. The molecule has 13 heavy (non-hydrogen) atoms. The first kappa shape index (κ1) is 11.4. The molecule has 1 nitrogen and oxygen atoms in total. The lowest BCUT2D eigenvalue weighted by Crippen LogP contribution is -2.27. The molecule has 0 aromatic rings. The van der Waals surface area contributed by atoms with Crippen LogP contribution in [0.2, 0.25) is 0 Å². The highest BCUT2D eigenvalue weighted by molar-refractivity contribution is 7.80. The molecule has 1 aliphatic rings. The average molecular weight is 202 g/mol. The van der Waals surface area contributed by atoms with Gasteiger partial charge >= 0.3 is 0 Å². The summed E-state index contributed by atoms with van der Waals surface area (Å²) in [5.74, 6) is 1.78. The van der Waals surface area contributed by atoms with Crippen LogP contribution in [0.4, 0.5) is 0 Å². The van der Waals surface area contributed by atoms with Crippen molar-refractivity contribution in [3.05, 3.63) is 0 Å². The van der Waals surface area contributed by atoms with Crippen LogP contribution in [0.3, 0.4) is 0 Å². The number of ether oxygens (including phenoxy) is 1. The van der Waals surface area contributed by atoms with Crippen molar-refractivity contribution < 1.29 is 4.74 Å². The number of thiol groups is 1. The summed E-state index contributed by atoms with van der Waals surface area (Å²) in [5, 5.41) is 0. The lowest BCUT2D eigenvalue weighted by Gasteiger charge is -2.30. The average Bonchev–Trinajstić information content (AvgIpc) is 2.19. The molecule has 2 heteroatoms. The highest BCUT2D eigenvalue weighted by Crippen LogP contribution is 2.29. The second-order valence-corrected chi connectivity index (χ2v) is 4.39. The van der Waals surface area contributed by atoms with Gasteiger partial charge in [0.15, 0.2) is 0 Å². The Balaban J connectivity index is 2.19. The van der Waals surface area contributed by atoms with E-state index >= 15 is 0 Å². The van der Waals surface area contributed by atoms with Crippen molar-refractivity contribution in [3.63, 3.8) is 0 Å². The van der Waals surface area contributed by atoms with E-state index in [1.807, 2.05) is 0 Å². The summed E-state index contributed by atoms with van der Waals surface area (Å²) in [6.07, 6.45) is 8.36. The summed E-state index contributed by atoms with van der Waals surface area (Å²) < 4.78 is 5.88. The van der Waals surface area contributed by atoms with Crippen molar-refractivity contribution in [2.75, 3.05) is 12.4 Å². The second kappa shape index (κ2) is 6.72. The van der Waals surface area contributed by atoms with E-state index in [1.54, 1.807) is 0 Å². The second-order valence-electron chi connectivity index (χ2n) is 3.94. The van der Waals surface area contributed by atoms with E-state index in [0.717, 1.165) is 24.7 Å². The fourth-order valence-corrected chi connectivity index (χ4v) is 2.29. The zero-order valence-electron chi connectivity index (χ0n) is 8.67. The molecule has 0 spiro atoms. The molecule has 78 valence electrons. The molecule has 2 atom stereocenters. The van der Waals surface area contributed by atoms with Gasteiger partial charge < -0.3 is 4.74 Å². The molecule has 0 aromatic carbocycles. The van der Waals surface area contributed by atoms with Gasteiger partial charge in [-0.05, 0) is 30.9 Å². The minimum Gasteiger partial charge on any atom is -0.378 e. The third kappa shape index (κ3) is 3.90. The van der Waals surface area contributed by atoms with E-state index in [0.29, 0.717) is 6.10 Å². The van der Waals surface area contributed by atoms with Crippen molar-refractivity contribution in [1.29, 1.82) is 0 Å². The first-order chi connectivity index (χ1) is 6.38. The minimum absolute atomic E-state index is 0.554. The highest BCUT2D eigenvalue weighted by atomic mass is 32.1. The van der Waals surface area contributed by atoms with Gasteiger partial charge in [-0.25, -0.2) is 0 Å². The number of hydrogen-bond donors (Lipinski definition) is 1. The Hall–Kier alpha value is 0.310. The summed E-state index contributed by atoms with van der Waals surface area (Å²) in [6, 6.07) is 0. The van der Waals surface area contributed by atoms with Gasteiger partial charge in [-0.15, -0.1) is 0 Å². The quantitative estimate of drug-likeness (QED) is 0.531. The third-order valence-electron chi connectivity index (χ3n) is 3.00. The Kier molecular flexibility index (Phi) is 5.88. The molecule has 0 radical (unpaired) electrons. The van der Waals surface area contributed by atoms with Crippen molar-refractivity contribution in [2.45, 2.75) is 51.6 Å². The van der Waals surface area contributed by atoms with E-state index in [9.17, 15) is 0 Å². The fourth-order valence-electron chi connectivity index (χ4n) is 2.16. The van der Waals surface area contributed by atoms with Crippen LogP contribution < -0.4 is 0 Å². The first-order valence-corrected chi connectivity index (χ1v) is 6.24. The van der Waals surface area contributed by atoms with Crippen LogP contribution in [-0.4, -0.2) is 18.5 Å². The summed E-state index contributed by atoms with van der Waals surface area (Å²) in [4.78, 5) is 0. The number of hydrogen-bond acceptors (Lipinski definition) is 2. The first-order valence-electron chi connectivity index (χ1n) is 5.61. The monoisotopic (exact) mass is 202 g/mol. The van der Waals surface area contributed by atoms with E-state index in [1.165, 1.54) is 32.1 Å². The van der Waals surface area contributed by atoms with Gasteiger partial charge in [-0.3, -0.25) is 0 Å². The van der Waals surface area contributed by atoms with Crippen molar-refractivity contribution in [1.82, 2.24) is 0 Å². The van der Waals surface area contributed by atoms with E-state index < -0.39 is 0 Å². The van der Waals surface area contributed by atoms with E-state index in [2.05, 4.69) is 19.6 Å². The maximum Gasteiger partial charge on any atom is 0.0603 e. The molecule has 2 unspecified atom stereocenters. The lowest BCUT2D eigenvalue weighted by molar-refractivity contribution is -0.0112. The summed E-state index contributed by atoms with van der Waals surface area (Å²) in [5.41, 5.74) is 0. The predicted molar refractivity (Wildman–Crippen MR) is 60.5 cm³/mol. The molecule has 0 aromatic heterocycles. The van der Waals surface area contributed by atoms with Crippen LogP contribution in [0.15, 0.2) is 0 Å². The molecule has 0 N–H and O–H groups in total. The summed E-state index contributed by atoms with van der Waals surface area (Å²) >= 11 is 4.18. The molecule has 1 saturated carbocycles. The van der Waals surface area contributed by atoms with Crippen molar-refractivity contribution >= 4 is 12.6 Å². The molecule has 0 amide bonds. The van der Waals surface area contributed by atoms with Crippen molar-refractivity contribution in [2.24, 2.45) is 5.92 Å².